The lowest BCUT2D eigenvalue weighted by Crippen LogP contribution is -2.28. The molecule has 3 rings (SSSR count). The van der Waals surface area contributed by atoms with Crippen molar-refractivity contribution in [2.75, 3.05) is 13.1 Å². The molecular weight excluding hydrogens is 340 g/mol. The zero-order chi connectivity index (χ0) is 19.7. The van der Waals surface area contributed by atoms with Gasteiger partial charge >= 0.3 is 0 Å². The molecule has 6 heteroatoms. The first kappa shape index (κ1) is 21.1. The van der Waals surface area contributed by atoms with Gasteiger partial charge in [-0.3, -0.25) is 14.5 Å². The van der Waals surface area contributed by atoms with Crippen LogP contribution in [0.15, 0.2) is 30.6 Å². The summed E-state index contributed by atoms with van der Waals surface area (Å²) in [6.07, 6.45) is 8.66. The maximum absolute atomic E-state index is 9.60. The van der Waals surface area contributed by atoms with Gasteiger partial charge in [-0.25, -0.2) is 0 Å². The van der Waals surface area contributed by atoms with Crippen LogP contribution in [0.25, 0.3) is 11.3 Å². The Morgan fingerprint density at radius 1 is 1.26 bits per heavy atom. The Morgan fingerprint density at radius 3 is 2.48 bits per heavy atom. The normalized spacial score (nSPS) is 15.0. The SMILES string of the molecule is CC(C)(C)OC=O.Cn1nc(-c2ccncc2)cc1CCC1CCNCC1. The Morgan fingerprint density at radius 2 is 1.93 bits per heavy atom. The van der Waals surface area contributed by atoms with Crippen LogP contribution in [0.4, 0.5) is 0 Å². The van der Waals surface area contributed by atoms with Crippen LogP contribution in [-0.4, -0.2) is 39.9 Å². The molecule has 0 amide bonds. The topological polar surface area (TPSA) is 69.0 Å². The van der Waals surface area contributed by atoms with Gasteiger partial charge in [0.25, 0.3) is 6.47 Å². The summed E-state index contributed by atoms with van der Waals surface area (Å²) in [5.74, 6) is 0.871. The van der Waals surface area contributed by atoms with Crippen molar-refractivity contribution in [1.29, 1.82) is 0 Å². The third kappa shape index (κ3) is 7.51. The highest BCUT2D eigenvalue weighted by Crippen LogP contribution is 2.22. The molecule has 1 fully saturated rings. The molecule has 27 heavy (non-hydrogen) atoms. The molecule has 1 aliphatic heterocycles. The van der Waals surface area contributed by atoms with Crippen molar-refractivity contribution in [3.05, 3.63) is 36.3 Å². The van der Waals surface area contributed by atoms with Gasteiger partial charge in [0.05, 0.1) is 5.69 Å². The minimum absolute atomic E-state index is 0.318. The highest BCUT2D eigenvalue weighted by Gasteiger charge is 2.14. The number of ether oxygens (including phenoxy) is 1. The van der Waals surface area contributed by atoms with Crippen molar-refractivity contribution in [3.63, 3.8) is 0 Å². The Labute approximate surface area is 162 Å². The van der Waals surface area contributed by atoms with Gasteiger partial charge in [0.2, 0.25) is 0 Å². The fraction of sp³-hybridized carbons (Fsp3) is 0.571. The predicted molar refractivity (Wildman–Crippen MR) is 107 cm³/mol. The first-order valence-electron chi connectivity index (χ1n) is 9.64. The predicted octanol–water partition coefficient (Wildman–Crippen LogP) is 3.37. The number of nitrogens with one attached hydrogen (secondary N) is 1. The van der Waals surface area contributed by atoms with E-state index in [0.717, 1.165) is 23.6 Å². The van der Waals surface area contributed by atoms with Crippen LogP contribution in [0.2, 0.25) is 0 Å². The molecule has 0 aromatic carbocycles. The van der Waals surface area contributed by atoms with E-state index in [-0.39, 0.29) is 5.60 Å². The number of hydrogen-bond donors (Lipinski definition) is 1. The van der Waals surface area contributed by atoms with Gasteiger partial charge in [-0.1, -0.05) is 0 Å². The molecule has 0 atom stereocenters. The summed E-state index contributed by atoms with van der Waals surface area (Å²) < 4.78 is 6.57. The lowest BCUT2D eigenvalue weighted by molar-refractivity contribution is -0.138. The minimum Gasteiger partial charge on any atom is -0.462 e. The third-order valence-electron chi connectivity index (χ3n) is 4.62. The van der Waals surface area contributed by atoms with Gasteiger partial charge in [-0.15, -0.1) is 0 Å². The van der Waals surface area contributed by atoms with Crippen LogP contribution in [-0.2, 0) is 23.0 Å². The second-order valence-corrected chi connectivity index (χ2v) is 7.94. The standard InChI is InChI=1S/C16H22N4.C5H10O2/c1-20-15(3-2-13-4-8-17-9-5-13)12-16(19-20)14-6-10-18-11-7-14;1-5(2,3)7-4-6/h6-7,10-13,17H,2-5,8-9H2,1H3;4H,1-3H3. The van der Waals surface area contributed by atoms with E-state index in [1.807, 2.05) is 57.0 Å². The van der Waals surface area contributed by atoms with Crippen LogP contribution in [0.5, 0.6) is 0 Å². The van der Waals surface area contributed by atoms with E-state index < -0.39 is 0 Å². The molecule has 0 aliphatic carbocycles. The van der Waals surface area contributed by atoms with E-state index in [1.165, 1.54) is 38.0 Å². The number of piperidine rings is 1. The smallest absolute Gasteiger partial charge is 0.293 e. The summed E-state index contributed by atoms with van der Waals surface area (Å²) in [5.41, 5.74) is 3.20. The number of carbonyl (C=O) groups excluding carboxylic acids is 1. The molecular formula is C21H32N4O2. The van der Waals surface area contributed by atoms with Crippen LogP contribution in [0.1, 0.15) is 45.7 Å². The van der Waals surface area contributed by atoms with Gasteiger partial charge < -0.3 is 10.1 Å². The summed E-state index contributed by atoms with van der Waals surface area (Å²) in [5, 5.41) is 8.05. The van der Waals surface area contributed by atoms with E-state index in [2.05, 4.69) is 26.2 Å². The molecule has 1 saturated heterocycles. The van der Waals surface area contributed by atoms with Crippen molar-refractivity contribution in [1.82, 2.24) is 20.1 Å². The molecule has 1 aliphatic rings. The van der Waals surface area contributed by atoms with Crippen LogP contribution < -0.4 is 5.32 Å². The van der Waals surface area contributed by atoms with Gasteiger partial charge in [0.1, 0.15) is 5.60 Å². The largest absolute Gasteiger partial charge is 0.462 e. The number of aryl methyl sites for hydroxylation is 2. The number of pyridine rings is 1. The Kier molecular flexibility index (Phi) is 7.98. The van der Waals surface area contributed by atoms with Crippen LogP contribution in [0, 0.1) is 5.92 Å². The van der Waals surface area contributed by atoms with Crippen molar-refractivity contribution in [3.8, 4) is 11.3 Å². The van der Waals surface area contributed by atoms with Crippen molar-refractivity contribution in [2.24, 2.45) is 13.0 Å². The summed E-state index contributed by atoms with van der Waals surface area (Å²) in [7, 11) is 2.04. The maximum atomic E-state index is 9.60. The van der Waals surface area contributed by atoms with Crippen molar-refractivity contribution >= 4 is 6.47 Å². The Bertz CT molecular complexity index is 686. The van der Waals surface area contributed by atoms with Gasteiger partial charge in [-0.05, 0) is 83.7 Å². The quantitative estimate of drug-likeness (QED) is 0.815. The number of rotatable bonds is 5. The van der Waals surface area contributed by atoms with Gasteiger partial charge in [0.15, 0.2) is 0 Å². The third-order valence-corrected chi connectivity index (χ3v) is 4.62. The molecule has 148 valence electrons. The molecule has 0 bridgehead atoms. The minimum atomic E-state index is -0.318. The fourth-order valence-electron chi connectivity index (χ4n) is 3.07. The number of nitrogens with zero attached hydrogens (tertiary/aromatic N) is 3. The highest BCUT2D eigenvalue weighted by molar-refractivity contribution is 5.58. The van der Waals surface area contributed by atoms with Crippen molar-refractivity contribution < 1.29 is 9.53 Å². The molecule has 0 unspecified atom stereocenters. The fourth-order valence-corrected chi connectivity index (χ4v) is 3.07. The lowest BCUT2D eigenvalue weighted by atomic mass is 9.92. The monoisotopic (exact) mass is 372 g/mol. The van der Waals surface area contributed by atoms with Gasteiger partial charge in [0, 0.05) is 30.7 Å². The summed E-state index contributed by atoms with van der Waals surface area (Å²) in [4.78, 5) is 13.7. The average Bonchev–Trinajstić information content (AvgIpc) is 3.02. The van der Waals surface area contributed by atoms with Gasteiger partial charge in [-0.2, -0.15) is 5.10 Å². The van der Waals surface area contributed by atoms with E-state index in [1.54, 1.807) is 0 Å². The average molecular weight is 373 g/mol. The molecule has 0 saturated carbocycles. The van der Waals surface area contributed by atoms with E-state index in [4.69, 9.17) is 0 Å². The molecule has 2 aromatic heterocycles. The molecule has 3 heterocycles. The van der Waals surface area contributed by atoms with Crippen LogP contribution >= 0.6 is 0 Å². The molecule has 2 aromatic rings. The zero-order valence-electron chi connectivity index (χ0n) is 16.9. The van der Waals surface area contributed by atoms with Crippen molar-refractivity contribution in [2.45, 2.75) is 52.1 Å². The molecule has 6 nitrogen and oxygen atoms in total. The summed E-state index contributed by atoms with van der Waals surface area (Å²) in [6, 6.07) is 6.24. The second kappa shape index (κ2) is 10.2. The van der Waals surface area contributed by atoms with Crippen LogP contribution in [0.3, 0.4) is 0 Å². The van der Waals surface area contributed by atoms with E-state index >= 15 is 0 Å². The zero-order valence-corrected chi connectivity index (χ0v) is 16.9. The number of hydrogen-bond acceptors (Lipinski definition) is 5. The highest BCUT2D eigenvalue weighted by atomic mass is 16.5. The Hall–Kier alpha value is -2.21. The summed E-state index contributed by atoms with van der Waals surface area (Å²) >= 11 is 0. The molecule has 1 N–H and O–H groups in total. The first-order chi connectivity index (χ1) is 12.9. The second-order valence-electron chi connectivity index (χ2n) is 7.94. The number of carbonyl (C=O) groups is 1. The Balaban J connectivity index is 0.000000321. The maximum Gasteiger partial charge on any atom is 0.293 e. The molecule has 0 radical (unpaired) electrons. The lowest BCUT2D eigenvalue weighted by Gasteiger charge is -2.22. The molecule has 0 spiro atoms. The van der Waals surface area contributed by atoms with E-state index in [9.17, 15) is 4.79 Å². The number of aromatic nitrogens is 3. The summed E-state index contributed by atoms with van der Waals surface area (Å²) in [6.45, 7) is 8.28. The van der Waals surface area contributed by atoms with E-state index in [0.29, 0.717) is 6.47 Å². The first-order valence-corrected chi connectivity index (χ1v) is 9.64.